The fourth-order valence-corrected chi connectivity index (χ4v) is 2.56. The summed E-state index contributed by atoms with van der Waals surface area (Å²) in [6.07, 6.45) is 0. The lowest BCUT2D eigenvalue weighted by Gasteiger charge is -2.11. The third-order valence-electron chi connectivity index (χ3n) is 3.47. The number of anilines is 4. The molecule has 122 valence electrons. The molecule has 0 saturated heterocycles. The summed E-state index contributed by atoms with van der Waals surface area (Å²) >= 11 is 0. The molecule has 3 rings (SSSR count). The minimum atomic E-state index is -0.322. The highest BCUT2D eigenvalue weighted by molar-refractivity contribution is 5.61. The first kappa shape index (κ1) is 15.9. The van der Waals surface area contributed by atoms with Gasteiger partial charge in [0.25, 0.3) is 0 Å². The van der Waals surface area contributed by atoms with Crippen LogP contribution in [0.4, 0.5) is 27.5 Å². The highest BCUT2D eigenvalue weighted by Gasteiger charge is 2.06. The van der Waals surface area contributed by atoms with Crippen LogP contribution >= 0.6 is 0 Å². The second kappa shape index (κ2) is 6.66. The molecule has 5 heteroatoms. The molecule has 0 fully saturated rings. The highest BCUT2D eigenvalue weighted by atomic mass is 19.1. The van der Waals surface area contributed by atoms with Gasteiger partial charge in [-0.1, -0.05) is 18.2 Å². The lowest BCUT2D eigenvalue weighted by molar-refractivity contribution is 0.632. The van der Waals surface area contributed by atoms with E-state index in [0.717, 1.165) is 22.5 Å². The Labute approximate surface area is 140 Å². The fraction of sp³-hybridized carbons (Fsp3) is 0.158. The number of rotatable bonds is 4. The van der Waals surface area contributed by atoms with Crippen LogP contribution in [0.5, 0.6) is 0 Å². The Hall–Kier alpha value is -2.95. The molecule has 0 amide bonds. The van der Waals surface area contributed by atoms with E-state index in [1.807, 2.05) is 32.9 Å². The summed E-state index contributed by atoms with van der Waals surface area (Å²) < 4.78 is 13.8. The van der Waals surface area contributed by atoms with Gasteiger partial charge in [-0.3, -0.25) is 0 Å². The molecule has 0 atom stereocenters. The molecule has 0 radical (unpaired) electrons. The zero-order valence-corrected chi connectivity index (χ0v) is 13.9. The van der Waals surface area contributed by atoms with Gasteiger partial charge in [-0.15, -0.1) is 0 Å². The number of para-hydroxylation sites is 1. The molecule has 4 nitrogen and oxygen atoms in total. The average Bonchev–Trinajstić information content (AvgIpc) is 2.48. The predicted octanol–water partition coefficient (Wildman–Crippen LogP) is 5.03. The molecule has 0 aliphatic rings. The predicted molar refractivity (Wildman–Crippen MR) is 95.7 cm³/mol. The van der Waals surface area contributed by atoms with Crippen LogP contribution in [0.2, 0.25) is 0 Å². The fourth-order valence-electron chi connectivity index (χ4n) is 2.56. The van der Waals surface area contributed by atoms with Crippen LogP contribution in [-0.2, 0) is 0 Å². The Morgan fingerprint density at radius 1 is 0.833 bits per heavy atom. The summed E-state index contributed by atoms with van der Waals surface area (Å²) in [5.41, 5.74) is 4.42. The number of aryl methyl sites for hydroxylation is 3. The molecule has 24 heavy (non-hydrogen) atoms. The van der Waals surface area contributed by atoms with E-state index >= 15 is 0 Å². The van der Waals surface area contributed by atoms with Crippen LogP contribution < -0.4 is 10.6 Å². The van der Waals surface area contributed by atoms with Gasteiger partial charge in [0.05, 0.1) is 5.69 Å². The number of nitrogens with zero attached hydrogens (tertiary/aromatic N) is 2. The second-order valence-corrected chi connectivity index (χ2v) is 5.82. The Bertz CT molecular complexity index is 857. The second-order valence-electron chi connectivity index (χ2n) is 5.82. The molecule has 3 aromatic rings. The monoisotopic (exact) mass is 322 g/mol. The van der Waals surface area contributed by atoms with E-state index in [9.17, 15) is 4.39 Å². The lowest BCUT2D eigenvalue weighted by Crippen LogP contribution is -2.03. The molecule has 0 spiro atoms. The molecule has 2 N–H and O–H groups in total. The molecule has 0 aliphatic heterocycles. The van der Waals surface area contributed by atoms with E-state index in [1.54, 1.807) is 24.3 Å². The van der Waals surface area contributed by atoms with Gasteiger partial charge in [-0.25, -0.2) is 9.37 Å². The number of benzene rings is 2. The van der Waals surface area contributed by atoms with Crippen molar-refractivity contribution < 1.29 is 4.39 Å². The normalized spacial score (nSPS) is 10.5. The molecule has 1 aromatic heterocycles. The molecule has 1 heterocycles. The van der Waals surface area contributed by atoms with Gasteiger partial charge >= 0.3 is 0 Å². The minimum Gasteiger partial charge on any atom is -0.338 e. The SMILES string of the molecule is Cc1cc(C)cc(Nc2nc(C)cc(Nc3ccccc3F)n2)c1. The van der Waals surface area contributed by atoms with E-state index in [4.69, 9.17) is 0 Å². The van der Waals surface area contributed by atoms with Crippen molar-refractivity contribution in [1.29, 1.82) is 0 Å². The van der Waals surface area contributed by atoms with E-state index < -0.39 is 0 Å². The highest BCUT2D eigenvalue weighted by Crippen LogP contribution is 2.22. The van der Waals surface area contributed by atoms with E-state index in [0.29, 0.717) is 17.5 Å². The summed E-state index contributed by atoms with van der Waals surface area (Å²) in [5.74, 6) is 0.691. The van der Waals surface area contributed by atoms with E-state index in [2.05, 4.69) is 26.7 Å². The van der Waals surface area contributed by atoms with Crippen LogP contribution in [0.15, 0.2) is 48.5 Å². The van der Waals surface area contributed by atoms with Crippen LogP contribution in [-0.4, -0.2) is 9.97 Å². The van der Waals surface area contributed by atoms with Crippen molar-refractivity contribution in [2.45, 2.75) is 20.8 Å². The quantitative estimate of drug-likeness (QED) is 0.707. The summed E-state index contributed by atoms with van der Waals surface area (Å²) in [5, 5.41) is 6.21. The van der Waals surface area contributed by atoms with E-state index in [-0.39, 0.29) is 5.82 Å². The maximum Gasteiger partial charge on any atom is 0.229 e. The Kier molecular flexibility index (Phi) is 4.42. The first-order valence-electron chi connectivity index (χ1n) is 7.72. The van der Waals surface area contributed by atoms with Crippen LogP contribution in [0.25, 0.3) is 0 Å². The summed E-state index contributed by atoms with van der Waals surface area (Å²) in [6, 6.07) is 14.4. The van der Waals surface area contributed by atoms with E-state index in [1.165, 1.54) is 6.07 Å². The molecule has 0 aliphatic carbocycles. The van der Waals surface area contributed by atoms with Gasteiger partial charge in [0.2, 0.25) is 5.95 Å². The number of nitrogens with one attached hydrogen (secondary N) is 2. The Balaban J connectivity index is 1.87. The standard InChI is InChI=1S/C19H19FN4/c1-12-8-13(2)10-15(9-12)22-19-21-14(3)11-18(24-19)23-17-7-5-4-6-16(17)20/h4-11H,1-3H3,(H2,21,22,23,24). The average molecular weight is 322 g/mol. The zero-order chi connectivity index (χ0) is 17.1. The third-order valence-corrected chi connectivity index (χ3v) is 3.47. The van der Waals surface area contributed by atoms with Gasteiger partial charge in [0.15, 0.2) is 0 Å². The summed E-state index contributed by atoms with van der Waals surface area (Å²) in [7, 11) is 0. The van der Waals surface area contributed by atoms with Crippen LogP contribution in [0.3, 0.4) is 0 Å². The molecular formula is C19H19FN4. The van der Waals surface area contributed by atoms with Crippen LogP contribution in [0.1, 0.15) is 16.8 Å². The molecule has 0 bridgehead atoms. The van der Waals surface area contributed by atoms with Gasteiger partial charge in [-0.2, -0.15) is 4.98 Å². The maximum absolute atomic E-state index is 13.8. The van der Waals surface area contributed by atoms with Crippen molar-refractivity contribution in [3.05, 3.63) is 71.2 Å². The molecule has 0 unspecified atom stereocenters. The first-order chi connectivity index (χ1) is 11.5. The van der Waals surface area contributed by atoms with Crippen molar-refractivity contribution in [3.63, 3.8) is 0 Å². The van der Waals surface area contributed by atoms with Gasteiger partial charge < -0.3 is 10.6 Å². The number of halogens is 1. The molecule has 2 aromatic carbocycles. The number of hydrogen-bond donors (Lipinski definition) is 2. The van der Waals surface area contributed by atoms with Crippen molar-refractivity contribution in [1.82, 2.24) is 9.97 Å². The van der Waals surface area contributed by atoms with Crippen molar-refractivity contribution >= 4 is 23.1 Å². The zero-order valence-electron chi connectivity index (χ0n) is 13.9. The van der Waals surface area contributed by atoms with Gasteiger partial charge in [0, 0.05) is 17.4 Å². The number of hydrogen-bond acceptors (Lipinski definition) is 4. The lowest BCUT2D eigenvalue weighted by atomic mass is 10.1. The first-order valence-corrected chi connectivity index (χ1v) is 7.72. The third kappa shape index (κ3) is 3.87. The van der Waals surface area contributed by atoms with Crippen LogP contribution in [0, 0.1) is 26.6 Å². The summed E-state index contributed by atoms with van der Waals surface area (Å²) in [6.45, 7) is 5.96. The molecular weight excluding hydrogens is 303 g/mol. The molecule has 0 saturated carbocycles. The van der Waals surface area contributed by atoms with Crippen molar-refractivity contribution in [2.75, 3.05) is 10.6 Å². The van der Waals surface area contributed by atoms with Gasteiger partial charge in [-0.05, 0) is 56.2 Å². The Morgan fingerprint density at radius 3 is 2.25 bits per heavy atom. The number of aromatic nitrogens is 2. The van der Waals surface area contributed by atoms with Crippen molar-refractivity contribution in [2.24, 2.45) is 0 Å². The van der Waals surface area contributed by atoms with Gasteiger partial charge in [0.1, 0.15) is 11.6 Å². The Morgan fingerprint density at radius 2 is 1.54 bits per heavy atom. The topological polar surface area (TPSA) is 49.8 Å². The maximum atomic E-state index is 13.8. The van der Waals surface area contributed by atoms with Crippen molar-refractivity contribution in [3.8, 4) is 0 Å². The largest absolute Gasteiger partial charge is 0.338 e. The summed E-state index contributed by atoms with van der Waals surface area (Å²) in [4.78, 5) is 8.82. The minimum absolute atomic E-state index is 0.322. The smallest absolute Gasteiger partial charge is 0.229 e.